The number of aryl methyl sites for hydroxylation is 1. The number of benzene rings is 1. The first kappa shape index (κ1) is 21.7. The Kier molecular flexibility index (Phi) is 7.26. The van der Waals surface area contributed by atoms with E-state index >= 15 is 0 Å². The van der Waals surface area contributed by atoms with Crippen molar-refractivity contribution < 1.29 is 14.3 Å². The van der Waals surface area contributed by atoms with Crippen molar-refractivity contribution in [1.29, 1.82) is 0 Å². The third-order valence-electron chi connectivity index (χ3n) is 4.62. The number of anilines is 1. The Hall–Kier alpha value is -1.97. The van der Waals surface area contributed by atoms with E-state index in [-0.39, 0.29) is 11.0 Å². The number of hydrogen-bond acceptors (Lipinski definition) is 5. The molecular formula is C20H22BrN3O3S2. The van der Waals surface area contributed by atoms with E-state index in [2.05, 4.69) is 26.6 Å². The fraction of sp³-hybridized carbons (Fsp3) is 0.350. The average Bonchev–Trinajstić information content (AvgIpc) is 2.84. The molecule has 6 nitrogen and oxygen atoms in total. The first-order valence-corrected chi connectivity index (χ1v) is 11.4. The molecule has 4 N–H and O–H groups in total. The zero-order chi connectivity index (χ0) is 21.0. The van der Waals surface area contributed by atoms with E-state index in [4.69, 9.17) is 22.7 Å². The second kappa shape index (κ2) is 9.69. The molecule has 1 heterocycles. The number of ether oxygens (including phenoxy) is 1. The third kappa shape index (κ3) is 5.15. The lowest BCUT2D eigenvalue weighted by Crippen LogP contribution is -2.34. The van der Waals surface area contributed by atoms with Crippen molar-refractivity contribution in [3.63, 3.8) is 0 Å². The second-order valence-electron chi connectivity index (χ2n) is 6.62. The number of thiocarbonyl (C=S) groups is 1. The van der Waals surface area contributed by atoms with Crippen LogP contribution in [0.15, 0.2) is 22.7 Å². The van der Waals surface area contributed by atoms with Crippen LogP contribution in [0.1, 0.15) is 57.3 Å². The SMILES string of the molecule is CCOc1ccc(C(=O)NC(=S)Nc2sc3c(c2C(N)=O)CCCCC3)cc1Br. The van der Waals surface area contributed by atoms with Gasteiger partial charge in [0.1, 0.15) is 10.8 Å². The number of nitrogens with two attached hydrogens (primary N) is 1. The van der Waals surface area contributed by atoms with Crippen LogP contribution in [0, 0.1) is 0 Å². The number of carbonyl (C=O) groups excluding carboxylic acids is 2. The van der Waals surface area contributed by atoms with Crippen molar-refractivity contribution >= 4 is 61.4 Å². The lowest BCUT2D eigenvalue weighted by Gasteiger charge is -2.11. The van der Waals surface area contributed by atoms with E-state index in [0.717, 1.165) is 37.7 Å². The van der Waals surface area contributed by atoms with E-state index in [1.807, 2.05) is 6.92 Å². The smallest absolute Gasteiger partial charge is 0.257 e. The molecule has 0 spiro atoms. The van der Waals surface area contributed by atoms with Crippen LogP contribution in [-0.4, -0.2) is 23.5 Å². The highest BCUT2D eigenvalue weighted by atomic mass is 79.9. The molecule has 0 bridgehead atoms. The molecule has 3 rings (SSSR count). The molecule has 29 heavy (non-hydrogen) atoms. The predicted molar refractivity (Wildman–Crippen MR) is 123 cm³/mol. The Labute approximate surface area is 187 Å². The average molecular weight is 496 g/mol. The van der Waals surface area contributed by atoms with Gasteiger partial charge in [-0.1, -0.05) is 6.42 Å². The molecule has 1 aromatic heterocycles. The van der Waals surface area contributed by atoms with Crippen molar-refractivity contribution in [2.24, 2.45) is 5.73 Å². The normalized spacial score (nSPS) is 13.2. The minimum absolute atomic E-state index is 0.124. The molecule has 0 saturated carbocycles. The molecule has 0 atom stereocenters. The predicted octanol–water partition coefficient (Wildman–Crippen LogP) is 4.40. The van der Waals surface area contributed by atoms with Crippen LogP contribution in [-0.2, 0) is 12.8 Å². The van der Waals surface area contributed by atoms with Gasteiger partial charge in [-0.15, -0.1) is 11.3 Å². The number of amides is 2. The molecular weight excluding hydrogens is 474 g/mol. The molecule has 0 aliphatic heterocycles. The minimum atomic E-state index is -0.475. The Bertz CT molecular complexity index is 959. The maximum Gasteiger partial charge on any atom is 0.257 e. The Morgan fingerprint density at radius 2 is 2.03 bits per heavy atom. The summed E-state index contributed by atoms with van der Waals surface area (Å²) in [4.78, 5) is 25.8. The largest absolute Gasteiger partial charge is 0.493 e. The van der Waals surface area contributed by atoms with Crippen molar-refractivity contribution in [3.8, 4) is 5.75 Å². The lowest BCUT2D eigenvalue weighted by atomic mass is 10.1. The zero-order valence-corrected chi connectivity index (χ0v) is 19.2. The number of primary amides is 1. The highest BCUT2D eigenvalue weighted by molar-refractivity contribution is 9.10. The van der Waals surface area contributed by atoms with E-state index in [1.54, 1.807) is 18.2 Å². The summed E-state index contributed by atoms with van der Waals surface area (Å²) in [7, 11) is 0. The van der Waals surface area contributed by atoms with Crippen molar-refractivity contribution in [2.75, 3.05) is 11.9 Å². The first-order valence-electron chi connectivity index (χ1n) is 9.39. The molecule has 9 heteroatoms. The quantitative estimate of drug-likeness (QED) is 0.422. The van der Waals surface area contributed by atoms with Gasteiger partial charge in [0.25, 0.3) is 11.8 Å². The first-order chi connectivity index (χ1) is 13.9. The zero-order valence-electron chi connectivity index (χ0n) is 16.0. The molecule has 0 saturated heterocycles. The van der Waals surface area contributed by atoms with Crippen LogP contribution in [0.25, 0.3) is 0 Å². The van der Waals surface area contributed by atoms with Crippen molar-refractivity contribution in [3.05, 3.63) is 44.2 Å². The molecule has 154 valence electrons. The molecule has 0 fully saturated rings. The van der Waals surface area contributed by atoms with Crippen molar-refractivity contribution in [2.45, 2.75) is 39.0 Å². The summed E-state index contributed by atoms with van der Waals surface area (Å²) in [5.41, 5.74) is 7.58. The van der Waals surface area contributed by atoms with Crippen LogP contribution < -0.4 is 21.1 Å². The Morgan fingerprint density at radius 1 is 1.28 bits per heavy atom. The fourth-order valence-electron chi connectivity index (χ4n) is 3.32. The summed E-state index contributed by atoms with van der Waals surface area (Å²) in [6.07, 6.45) is 5.05. The molecule has 1 aliphatic rings. The van der Waals surface area contributed by atoms with Gasteiger partial charge >= 0.3 is 0 Å². The van der Waals surface area contributed by atoms with Gasteiger partial charge in [0.2, 0.25) is 0 Å². The monoisotopic (exact) mass is 495 g/mol. The summed E-state index contributed by atoms with van der Waals surface area (Å²) >= 11 is 10.2. The summed E-state index contributed by atoms with van der Waals surface area (Å²) in [5.74, 6) is -0.169. The van der Waals surface area contributed by atoms with Gasteiger partial charge in [0, 0.05) is 10.4 Å². The van der Waals surface area contributed by atoms with Gasteiger partial charge in [-0.25, -0.2) is 0 Å². The van der Waals surface area contributed by atoms with Gasteiger partial charge in [-0.05, 0) is 84.5 Å². The molecule has 0 radical (unpaired) electrons. The van der Waals surface area contributed by atoms with Gasteiger partial charge in [0.15, 0.2) is 5.11 Å². The van der Waals surface area contributed by atoms with Crippen LogP contribution in [0.5, 0.6) is 5.75 Å². The molecule has 1 aromatic carbocycles. The van der Waals surface area contributed by atoms with Crippen LogP contribution in [0.3, 0.4) is 0 Å². The standard InChI is InChI=1S/C20H22BrN3O3S2/c1-2-27-14-9-8-11(10-13(14)21)18(26)23-20(28)24-19-16(17(22)25)12-6-4-3-5-7-15(12)29-19/h8-10H,2-7H2,1H3,(H2,22,25)(H2,23,24,26,28). The highest BCUT2D eigenvalue weighted by Crippen LogP contribution is 2.37. The number of carbonyl (C=O) groups is 2. The van der Waals surface area contributed by atoms with Crippen molar-refractivity contribution in [1.82, 2.24) is 5.32 Å². The van der Waals surface area contributed by atoms with E-state index < -0.39 is 5.91 Å². The number of nitrogens with one attached hydrogen (secondary N) is 2. The van der Waals surface area contributed by atoms with Gasteiger partial charge < -0.3 is 15.8 Å². The van der Waals surface area contributed by atoms with Crippen LogP contribution in [0.4, 0.5) is 5.00 Å². The lowest BCUT2D eigenvalue weighted by molar-refractivity contribution is 0.0975. The maximum atomic E-state index is 12.5. The molecule has 1 aliphatic carbocycles. The Morgan fingerprint density at radius 3 is 2.72 bits per heavy atom. The fourth-order valence-corrected chi connectivity index (χ4v) is 5.37. The Balaban J connectivity index is 1.73. The van der Waals surface area contributed by atoms with Gasteiger partial charge in [-0.3, -0.25) is 14.9 Å². The number of rotatable bonds is 5. The highest BCUT2D eigenvalue weighted by Gasteiger charge is 2.24. The maximum absolute atomic E-state index is 12.5. The van der Waals surface area contributed by atoms with E-state index in [9.17, 15) is 9.59 Å². The second-order valence-corrected chi connectivity index (χ2v) is 8.99. The number of hydrogen-bond donors (Lipinski definition) is 3. The van der Waals surface area contributed by atoms with Gasteiger partial charge in [0.05, 0.1) is 16.6 Å². The topological polar surface area (TPSA) is 93.4 Å². The summed E-state index contributed by atoms with van der Waals surface area (Å²) in [6, 6.07) is 5.06. The summed E-state index contributed by atoms with van der Waals surface area (Å²) in [5, 5.41) is 6.38. The number of halogens is 1. The van der Waals surface area contributed by atoms with Crippen LogP contribution in [0.2, 0.25) is 0 Å². The van der Waals surface area contributed by atoms with E-state index in [0.29, 0.717) is 33.0 Å². The minimum Gasteiger partial charge on any atom is -0.493 e. The van der Waals surface area contributed by atoms with E-state index in [1.165, 1.54) is 16.2 Å². The van der Waals surface area contributed by atoms with Crippen LogP contribution >= 0.6 is 39.5 Å². The molecule has 2 aromatic rings. The number of fused-ring (bicyclic) bond motifs is 1. The summed E-state index contributed by atoms with van der Waals surface area (Å²) < 4.78 is 6.14. The van der Waals surface area contributed by atoms with Gasteiger partial charge in [-0.2, -0.15) is 0 Å². The molecule has 0 unspecified atom stereocenters. The summed E-state index contributed by atoms with van der Waals surface area (Å²) in [6.45, 7) is 2.42. The third-order valence-corrected chi connectivity index (χ3v) is 6.65. The number of thiophene rings is 1. The molecule has 2 amide bonds.